The molecule has 2 fully saturated rings. The lowest BCUT2D eigenvalue weighted by atomic mass is 9.59. The van der Waals surface area contributed by atoms with Gasteiger partial charge in [0.05, 0.1) is 11.1 Å². The number of fused-ring (bicyclic) bond motifs is 2. The van der Waals surface area contributed by atoms with Gasteiger partial charge in [0.25, 0.3) is 0 Å². The standard InChI is InChI=1S/C26H33N3O4/c1-6-25(4,5)26(14-18-23(32)29-13-7-8-19(29)22(31)27-18)17-11-12-20(30)16(10-9-15(2)3)21(17)28-24(26)33/h6,9,11-12,18-19,30H,1,7-8,10,13-14H2,2-5H3,(H,27,31)(H,28,33). The van der Waals surface area contributed by atoms with Crippen LogP contribution in [0.5, 0.6) is 5.75 Å². The van der Waals surface area contributed by atoms with Gasteiger partial charge in [-0.1, -0.05) is 37.6 Å². The van der Waals surface area contributed by atoms with Gasteiger partial charge >= 0.3 is 0 Å². The van der Waals surface area contributed by atoms with Crippen molar-refractivity contribution >= 4 is 23.4 Å². The molecule has 7 heteroatoms. The molecule has 0 radical (unpaired) electrons. The van der Waals surface area contributed by atoms with Crippen molar-refractivity contribution in [2.75, 3.05) is 11.9 Å². The molecule has 1 aromatic carbocycles. The number of amides is 3. The molecular weight excluding hydrogens is 418 g/mol. The van der Waals surface area contributed by atoms with Gasteiger partial charge in [0.15, 0.2) is 0 Å². The van der Waals surface area contributed by atoms with Gasteiger partial charge in [-0.05, 0) is 51.2 Å². The van der Waals surface area contributed by atoms with Crippen molar-refractivity contribution in [3.8, 4) is 5.75 Å². The number of carbonyl (C=O) groups excluding carboxylic acids is 3. The van der Waals surface area contributed by atoms with Crippen molar-refractivity contribution in [3.63, 3.8) is 0 Å². The number of benzene rings is 1. The highest BCUT2D eigenvalue weighted by Crippen LogP contribution is 2.55. The Kier molecular flexibility index (Phi) is 5.63. The molecule has 3 unspecified atom stereocenters. The lowest BCUT2D eigenvalue weighted by Gasteiger charge is -2.44. The molecule has 176 valence electrons. The molecule has 7 nitrogen and oxygen atoms in total. The molecule has 0 bridgehead atoms. The maximum atomic E-state index is 13.8. The van der Waals surface area contributed by atoms with Crippen LogP contribution in [0.4, 0.5) is 5.69 Å². The monoisotopic (exact) mass is 451 g/mol. The minimum absolute atomic E-state index is 0.112. The molecule has 33 heavy (non-hydrogen) atoms. The van der Waals surface area contributed by atoms with Crippen LogP contribution in [-0.2, 0) is 26.2 Å². The number of carbonyl (C=O) groups is 3. The first-order valence-electron chi connectivity index (χ1n) is 11.6. The number of phenols is 1. The summed E-state index contributed by atoms with van der Waals surface area (Å²) < 4.78 is 0. The maximum Gasteiger partial charge on any atom is 0.245 e. The Morgan fingerprint density at radius 2 is 2.03 bits per heavy atom. The fourth-order valence-electron chi connectivity index (χ4n) is 5.55. The maximum absolute atomic E-state index is 13.8. The predicted octanol–water partition coefficient (Wildman–Crippen LogP) is 3.18. The average molecular weight is 452 g/mol. The van der Waals surface area contributed by atoms with Crippen LogP contribution in [-0.4, -0.2) is 46.4 Å². The molecule has 4 rings (SSSR count). The fourth-order valence-corrected chi connectivity index (χ4v) is 5.55. The van der Waals surface area contributed by atoms with Gasteiger partial charge in [-0.2, -0.15) is 0 Å². The summed E-state index contributed by atoms with van der Waals surface area (Å²) in [5.74, 6) is -0.434. The number of nitrogens with zero attached hydrogens (tertiary/aromatic N) is 1. The smallest absolute Gasteiger partial charge is 0.245 e. The van der Waals surface area contributed by atoms with Crippen LogP contribution in [0.25, 0.3) is 0 Å². The summed E-state index contributed by atoms with van der Waals surface area (Å²) >= 11 is 0. The SMILES string of the molecule is C=CC(C)(C)C1(CC2NC(=O)C3CCCN3C2=O)C(=O)Nc2c1ccc(O)c2CC=C(C)C. The number of aromatic hydroxyl groups is 1. The third-order valence-electron chi connectivity index (χ3n) is 7.66. The highest BCUT2D eigenvalue weighted by Gasteiger charge is 2.59. The topological polar surface area (TPSA) is 98.7 Å². The van der Waals surface area contributed by atoms with Crippen LogP contribution in [0, 0.1) is 5.41 Å². The van der Waals surface area contributed by atoms with E-state index in [-0.39, 0.29) is 29.9 Å². The summed E-state index contributed by atoms with van der Waals surface area (Å²) in [7, 11) is 0. The molecule has 0 spiro atoms. The average Bonchev–Trinajstić information content (AvgIpc) is 3.35. The number of rotatable bonds is 6. The molecule has 1 aromatic rings. The van der Waals surface area contributed by atoms with Gasteiger partial charge < -0.3 is 20.6 Å². The van der Waals surface area contributed by atoms with Crippen molar-refractivity contribution in [2.24, 2.45) is 5.41 Å². The van der Waals surface area contributed by atoms with Gasteiger partial charge in [-0.15, -0.1) is 6.58 Å². The zero-order valence-electron chi connectivity index (χ0n) is 19.8. The zero-order chi connectivity index (χ0) is 24.1. The second-order valence-corrected chi connectivity index (χ2v) is 10.2. The van der Waals surface area contributed by atoms with E-state index in [4.69, 9.17) is 0 Å². The number of anilines is 1. The van der Waals surface area contributed by atoms with E-state index in [0.717, 1.165) is 17.6 Å². The summed E-state index contributed by atoms with van der Waals surface area (Å²) in [5, 5.41) is 16.5. The number of piperazine rings is 1. The molecule has 3 N–H and O–H groups in total. The fraction of sp³-hybridized carbons (Fsp3) is 0.500. The van der Waals surface area contributed by atoms with E-state index in [1.807, 2.05) is 33.8 Å². The Bertz CT molecular complexity index is 1070. The van der Waals surface area contributed by atoms with Crippen LogP contribution >= 0.6 is 0 Å². The van der Waals surface area contributed by atoms with Gasteiger partial charge in [0.2, 0.25) is 17.7 Å². The van der Waals surface area contributed by atoms with E-state index >= 15 is 0 Å². The Labute approximate surface area is 194 Å². The first-order valence-corrected chi connectivity index (χ1v) is 11.6. The second-order valence-electron chi connectivity index (χ2n) is 10.2. The van der Waals surface area contributed by atoms with Crippen LogP contribution in [0.15, 0.2) is 36.4 Å². The molecule has 0 aromatic heterocycles. The van der Waals surface area contributed by atoms with Crippen LogP contribution in [0.1, 0.15) is 58.1 Å². The third kappa shape index (κ3) is 3.45. The van der Waals surface area contributed by atoms with Gasteiger partial charge in [0, 0.05) is 17.5 Å². The van der Waals surface area contributed by atoms with Crippen molar-refractivity contribution < 1.29 is 19.5 Å². The number of nitrogens with one attached hydrogen (secondary N) is 2. The minimum Gasteiger partial charge on any atom is -0.508 e. The van der Waals surface area contributed by atoms with Crippen LogP contribution in [0.3, 0.4) is 0 Å². The Balaban J connectivity index is 1.83. The number of phenolic OH excluding ortho intramolecular Hbond substituents is 1. The zero-order valence-corrected chi connectivity index (χ0v) is 19.8. The van der Waals surface area contributed by atoms with Gasteiger partial charge in [-0.25, -0.2) is 0 Å². The van der Waals surface area contributed by atoms with E-state index in [2.05, 4.69) is 17.2 Å². The quantitative estimate of drug-likeness (QED) is 0.579. The number of hydrogen-bond donors (Lipinski definition) is 3. The summed E-state index contributed by atoms with van der Waals surface area (Å²) in [6.07, 6.45) is 5.79. The molecule has 0 saturated carbocycles. The van der Waals surface area contributed by atoms with Crippen LogP contribution < -0.4 is 10.6 Å². The molecule has 0 aliphatic carbocycles. The van der Waals surface area contributed by atoms with Gasteiger partial charge in [-0.3, -0.25) is 14.4 Å². The number of allylic oxidation sites excluding steroid dienone is 3. The van der Waals surface area contributed by atoms with Crippen molar-refractivity contribution in [3.05, 3.63) is 47.6 Å². The molecule has 3 aliphatic heterocycles. The summed E-state index contributed by atoms with van der Waals surface area (Å²) in [6, 6.07) is 2.15. The molecule has 3 heterocycles. The lowest BCUT2D eigenvalue weighted by Crippen LogP contribution is -2.63. The van der Waals surface area contributed by atoms with E-state index in [0.29, 0.717) is 30.6 Å². The lowest BCUT2D eigenvalue weighted by molar-refractivity contribution is -0.148. The molecule has 3 aliphatic rings. The highest BCUT2D eigenvalue weighted by atomic mass is 16.3. The second kappa shape index (κ2) is 8.04. The molecular formula is C26H33N3O4. The first kappa shape index (κ1) is 23.1. The third-order valence-corrected chi connectivity index (χ3v) is 7.66. The number of hydrogen-bond acceptors (Lipinski definition) is 4. The highest BCUT2D eigenvalue weighted by molar-refractivity contribution is 6.09. The minimum atomic E-state index is -1.14. The van der Waals surface area contributed by atoms with Gasteiger partial charge in [0.1, 0.15) is 17.8 Å². The Morgan fingerprint density at radius 3 is 2.70 bits per heavy atom. The van der Waals surface area contributed by atoms with E-state index in [1.165, 1.54) is 0 Å². The van der Waals surface area contributed by atoms with E-state index < -0.39 is 22.9 Å². The van der Waals surface area contributed by atoms with Crippen molar-refractivity contribution in [1.29, 1.82) is 0 Å². The Hall–Kier alpha value is -3.09. The largest absolute Gasteiger partial charge is 0.508 e. The Morgan fingerprint density at radius 1 is 1.30 bits per heavy atom. The molecule has 3 amide bonds. The summed E-state index contributed by atoms with van der Waals surface area (Å²) in [5.41, 5.74) is 1.17. The van der Waals surface area contributed by atoms with Crippen LogP contribution in [0.2, 0.25) is 0 Å². The van der Waals surface area contributed by atoms with E-state index in [1.54, 1.807) is 23.1 Å². The molecule has 2 saturated heterocycles. The summed E-state index contributed by atoms with van der Waals surface area (Å²) in [6.45, 7) is 12.4. The predicted molar refractivity (Wildman–Crippen MR) is 127 cm³/mol. The normalized spacial score (nSPS) is 26.4. The van der Waals surface area contributed by atoms with Crippen molar-refractivity contribution in [2.45, 2.75) is 70.9 Å². The first-order chi connectivity index (χ1) is 15.5. The molecule has 3 atom stereocenters. The summed E-state index contributed by atoms with van der Waals surface area (Å²) in [4.78, 5) is 41.5. The van der Waals surface area contributed by atoms with E-state index in [9.17, 15) is 19.5 Å². The van der Waals surface area contributed by atoms with Crippen molar-refractivity contribution in [1.82, 2.24) is 10.2 Å².